The van der Waals surface area contributed by atoms with Gasteiger partial charge in [0.25, 0.3) is 0 Å². The number of nitrogen functional groups attached to an aromatic ring is 1. The number of hydrogen-bond acceptors (Lipinski definition) is 3. The van der Waals surface area contributed by atoms with Crippen molar-refractivity contribution >= 4 is 5.69 Å². The lowest BCUT2D eigenvalue weighted by molar-refractivity contribution is 0.285. The second kappa shape index (κ2) is 5.59. The molecule has 0 aliphatic heterocycles. The van der Waals surface area contributed by atoms with Crippen molar-refractivity contribution in [2.45, 2.75) is 33.6 Å². The minimum Gasteiger partial charge on any atom is -0.477 e. The Balaban J connectivity index is 2.37. The largest absolute Gasteiger partial charge is 0.477 e. The number of nitrogens with two attached hydrogens (primary N) is 1. The minimum absolute atomic E-state index is 0.682. The molecule has 0 bridgehead atoms. The molecule has 0 atom stereocenters. The van der Waals surface area contributed by atoms with Gasteiger partial charge in [-0.25, -0.2) is 4.98 Å². The summed E-state index contributed by atoms with van der Waals surface area (Å²) in [5.41, 5.74) is 7.29. The van der Waals surface area contributed by atoms with E-state index in [2.05, 4.69) is 18.8 Å². The highest BCUT2D eigenvalue weighted by Crippen LogP contribution is 2.16. The first-order valence-electron chi connectivity index (χ1n) is 5.44. The third-order valence-electron chi connectivity index (χ3n) is 2.22. The van der Waals surface area contributed by atoms with Gasteiger partial charge in [-0.15, -0.1) is 0 Å². The quantitative estimate of drug-likeness (QED) is 0.757. The molecule has 0 saturated heterocycles. The molecule has 1 heterocycles. The standard InChI is InChI=1S/C12H20N2O/c1-9(2)5-4-6-15-12-10(3)7-11(13)8-14-12/h7-9H,4-6,13H2,1-3H3. The molecule has 1 aromatic rings. The maximum atomic E-state index is 5.60. The maximum Gasteiger partial charge on any atom is 0.216 e. The van der Waals surface area contributed by atoms with Gasteiger partial charge in [0.1, 0.15) is 0 Å². The van der Waals surface area contributed by atoms with Crippen molar-refractivity contribution in [2.24, 2.45) is 5.92 Å². The fraction of sp³-hybridized carbons (Fsp3) is 0.583. The van der Waals surface area contributed by atoms with Crippen LogP contribution in [-0.2, 0) is 0 Å². The van der Waals surface area contributed by atoms with E-state index < -0.39 is 0 Å². The van der Waals surface area contributed by atoms with E-state index in [9.17, 15) is 0 Å². The van der Waals surface area contributed by atoms with Crippen molar-refractivity contribution in [1.29, 1.82) is 0 Å². The molecular formula is C12H20N2O. The fourth-order valence-electron chi connectivity index (χ4n) is 1.40. The van der Waals surface area contributed by atoms with E-state index in [0.717, 1.165) is 24.5 Å². The molecule has 0 radical (unpaired) electrons. The lowest BCUT2D eigenvalue weighted by atomic mass is 10.1. The molecule has 1 aromatic heterocycles. The molecule has 0 aliphatic rings. The topological polar surface area (TPSA) is 48.1 Å². The van der Waals surface area contributed by atoms with Crippen molar-refractivity contribution in [3.63, 3.8) is 0 Å². The summed E-state index contributed by atoms with van der Waals surface area (Å²) in [7, 11) is 0. The van der Waals surface area contributed by atoms with Crippen molar-refractivity contribution < 1.29 is 4.74 Å². The van der Waals surface area contributed by atoms with Crippen molar-refractivity contribution in [2.75, 3.05) is 12.3 Å². The Kier molecular flexibility index (Phi) is 4.40. The maximum absolute atomic E-state index is 5.60. The van der Waals surface area contributed by atoms with Crippen LogP contribution in [0.25, 0.3) is 0 Å². The second-order valence-electron chi connectivity index (χ2n) is 4.28. The lowest BCUT2D eigenvalue weighted by Gasteiger charge is -2.09. The molecule has 0 fully saturated rings. The number of aromatic nitrogens is 1. The van der Waals surface area contributed by atoms with E-state index in [-0.39, 0.29) is 0 Å². The Bertz CT molecular complexity index is 310. The van der Waals surface area contributed by atoms with Gasteiger partial charge in [-0.2, -0.15) is 0 Å². The van der Waals surface area contributed by atoms with Crippen LogP contribution in [0.5, 0.6) is 5.88 Å². The Labute approximate surface area is 91.7 Å². The van der Waals surface area contributed by atoms with Gasteiger partial charge in [-0.05, 0) is 31.7 Å². The highest BCUT2D eigenvalue weighted by molar-refractivity contribution is 5.41. The number of anilines is 1. The van der Waals surface area contributed by atoms with Gasteiger partial charge >= 0.3 is 0 Å². The fourth-order valence-corrected chi connectivity index (χ4v) is 1.40. The molecule has 0 aromatic carbocycles. The van der Waals surface area contributed by atoms with Crippen LogP contribution in [-0.4, -0.2) is 11.6 Å². The van der Waals surface area contributed by atoms with Gasteiger partial charge in [-0.1, -0.05) is 13.8 Å². The Morgan fingerprint density at radius 1 is 1.47 bits per heavy atom. The number of nitrogens with zero attached hydrogens (tertiary/aromatic N) is 1. The average molecular weight is 208 g/mol. The number of rotatable bonds is 5. The highest BCUT2D eigenvalue weighted by atomic mass is 16.5. The van der Waals surface area contributed by atoms with Crippen LogP contribution in [0.2, 0.25) is 0 Å². The zero-order valence-corrected chi connectivity index (χ0v) is 9.79. The first kappa shape index (κ1) is 11.8. The minimum atomic E-state index is 0.682. The number of ether oxygens (including phenoxy) is 1. The third-order valence-corrected chi connectivity index (χ3v) is 2.22. The van der Waals surface area contributed by atoms with Crippen LogP contribution >= 0.6 is 0 Å². The summed E-state index contributed by atoms with van der Waals surface area (Å²) >= 11 is 0. The van der Waals surface area contributed by atoms with Crippen molar-refractivity contribution in [3.05, 3.63) is 17.8 Å². The van der Waals surface area contributed by atoms with E-state index in [0.29, 0.717) is 11.6 Å². The smallest absolute Gasteiger partial charge is 0.216 e. The van der Waals surface area contributed by atoms with Crippen molar-refractivity contribution in [1.82, 2.24) is 4.98 Å². The summed E-state index contributed by atoms with van der Waals surface area (Å²) in [4.78, 5) is 4.15. The van der Waals surface area contributed by atoms with Gasteiger partial charge in [0, 0.05) is 5.56 Å². The monoisotopic (exact) mass is 208 g/mol. The first-order valence-corrected chi connectivity index (χ1v) is 5.44. The van der Waals surface area contributed by atoms with Crippen LogP contribution in [0.1, 0.15) is 32.3 Å². The molecule has 0 unspecified atom stereocenters. The molecule has 2 N–H and O–H groups in total. The van der Waals surface area contributed by atoms with Crippen LogP contribution in [0.4, 0.5) is 5.69 Å². The summed E-state index contributed by atoms with van der Waals surface area (Å²) < 4.78 is 5.58. The average Bonchev–Trinajstić information content (AvgIpc) is 2.14. The lowest BCUT2D eigenvalue weighted by Crippen LogP contribution is -2.03. The summed E-state index contributed by atoms with van der Waals surface area (Å²) in [6.07, 6.45) is 3.89. The van der Waals surface area contributed by atoms with Crippen LogP contribution in [0.3, 0.4) is 0 Å². The van der Waals surface area contributed by atoms with E-state index >= 15 is 0 Å². The molecular weight excluding hydrogens is 188 g/mol. The molecule has 0 spiro atoms. The van der Waals surface area contributed by atoms with Crippen LogP contribution in [0.15, 0.2) is 12.3 Å². The molecule has 0 aliphatic carbocycles. The van der Waals surface area contributed by atoms with Crippen molar-refractivity contribution in [3.8, 4) is 5.88 Å². The zero-order chi connectivity index (χ0) is 11.3. The van der Waals surface area contributed by atoms with Crippen LogP contribution < -0.4 is 10.5 Å². The van der Waals surface area contributed by atoms with Gasteiger partial charge in [0.05, 0.1) is 18.5 Å². The first-order chi connectivity index (χ1) is 7.09. The normalized spacial score (nSPS) is 10.7. The Morgan fingerprint density at radius 2 is 2.20 bits per heavy atom. The Morgan fingerprint density at radius 3 is 2.80 bits per heavy atom. The SMILES string of the molecule is Cc1cc(N)cnc1OCCCC(C)C. The summed E-state index contributed by atoms with van der Waals surface area (Å²) in [5.74, 6) is 1.43. The molecule has 84 valence electrons. The Hall–Kier alpha value is -1.25. The van der Waals surface area contributed by atoms with Crippen LogP contribution in [0, 0.1) is 12.8 Å². The molecule has 3 nitrogen and oxygen atoms in total. The molecule has 15 heavy (non-hydrogen) atoms. The molecule has 1 rings (SSSR count). The number of aryl methyl sites for hydroxylation is 1. The van der Waals surface area contributed by atoms with Gasteiger partial charge in [0.15, 0.2) is 0 Å². The third kappa shape index (κ3) is 4.19. The molecule has 0 amide bonds. The number of hydrogen-bond donors (Lipinski definition) is 1. The molecule has 0 saturated carbocycles. The summed E-state index contributed by atoms with van der Waals surface area (Å²) in [6, 6.07) is 1.88. The van der Waals surface area contributed by atoms with Gasteiger partial charge in [0.2, 0.25) is 5.88 Å². The summed E-state index contributed by atoms with van der Waals surface area (Å²) in [6.45, 7) is 7.12. The van der Waals surface area contributed by atoms with E-state index in [1.54, 1.807) is 6.20 Å². The van der Waals surface area contributed by atoms with Gasteiger partial charge < -0.3 is 10.5 Å². The van der Waals surface area contributed by atoms with E-state index in [1.807, 2.05) is 13.0 Å². The van der Waals surface area contributed by atoms with E-state index in [4.69, 9.17) is 10.5 Å². The molecule has 3 heteroatoms. The zero-order valence-electron chi connectivity index (χ0n) is 9.79. The van der Waals surface area contributed by atoms with Gasteiger partial charge in [-0.3, -0.25) is 0 Å². The predicted octanol–water partition coefficient (Wildman–Crippen LogP) is 2.79. The predicted molar refractivity (Wildman–Crippen MR) is 63.0 cm³/mol. The summed E-state index contributed by atoms with van der Waals surface area (Å²) in [5, 5.41) is 0. The second-order valence-corrected chi connectivity index (χ2v) is 4.28. The number of pyridine rings is 1. The highest BCUT2D eigenvalue weighted by Gasteiger charge is 2.01. The van der Waals surface area contributed by atoms with E-state index in [1.165, 1.54) is 6.42 Å².